The second-order valence-electron chi connectivity index (χ2n) is 4.95. The van der Waals surface area contributed by atoms with Gasteiger partial charge in [-0.3, -0.25) is 9.59 Å². The number of anilines is 1. The minimum atomic E-state index is -0.395. The van der Waals surface area contributed by atoms with E-state index in [-0.39, 0.29) is 18.3 Å². The molecule has 1 aromatic heterocycles. The summed E-state index contributed by atoms with van der Waals surface area (Å²) in [4.78, 5) is 28.7. The van der Waals surface area contributed by atoms with Crippen LogP contribution in [0.5, 0.6) is 0 Å². The first-order valence-electron chi connectivity index (χ1n) is 7.41. The number of thiazole rings is 1. The second-order valence-corrected chi connectivity index (χ2v) is 8.03. The molecule has 0 aliphatic carbocycles. The van der Waals surface area contributed by atoms with Gasteiger partial charge in [0.2, 0.25) is 5.91 Å². The lowest BCUT2D eigenvalue weighted by Crippen LogP contribution is -2.22. The Morgan fingerprint density at radius 1 is 1.40 bits per heavy atom. The van der Waals surface area contributed by atoms with E-state index in [1.807, 2.05) is 0 Å². The van der Waals surface area contributed by atoms with Gasteiger partial charge in [-0.15, -0.1) is 23.1 Å². The van der Waals surface area contributed by atoms with Gasteiger partial charge in [0.25, 0.3) is 0 Å². The Bertz CT molecular complexity index is 768. The number of hydrogen-bond acceptors (Lipinski definition) is 6. The van der Waals surface area contributed by atoms with Gasteiger partial charge in [0.05, 0.1) is 29.0 Å². The van der Waals surface area contributed by atoms with Gasteiger partial charge in [-0.25, -0.2) is 4.98 Å². The van der Waals surface area contributed by atoms with Gasteiger partial charge >= 0.3 is 5.97 Å². The third-order valence-electron chi connectivity index (χ3n) is 2.98. The smallest absolute Gasteiger partial charge is 0.311 e. The molecule has 1 amide bonds. The zero-order valence-electron chi connectivity index (χ0n) is 13.5. The normalized spacial score (nSPS) is 11.8. The summed E-state index contributed by atoms with van der Waals surface area (Å²) in [6.45, 7) is 3.84. The summed E-state index contributed by atoms with van der Waals surface area (Å²) >= 11 is 14.6. The number of thioether (sulfide) groups is 1. The summed E-state index contributed by atoms with van der Waals surface area (Å²) in [5, 5.41) is 5.61. The predicted octanol–water partition coefficient (Wildman–Crippen LogP) is 4.67. The predicted molar refractivity (Wildman–Crippen MR) is 103 cm³/mol. The van der Waals surface area contributed by atoms with Gasteiger partial charge < -0.3 is 10.1 Å². The first kappa shape index (κ1) is 20.0. The van der Waals surface area contributed by atoms with Crippen molar-refractivity contribution in [1.82, 2.24) is 4.98 Å². The van der Waals surface area contributed by atoms with E-state index < -0.39 is 5.25 Å². The van der Waals surface area contributed by atoms with Gasteiger partial charge in [0.1, 0.15) is 0 Å². The Labute approximate surface area is 164 Å². The Balaban J connectivity index is 1.94. The molecule has 0 saturated heterocycles. The van der Waals surface area contributed by atoms with Crippen LogP contribution >= 0.6 is 46.3 Å². The van der Waals surface area contributed by atoms with Gasteiger partial charge in [-0.2, -0.15) is 0 Å². The van der Waals surface area contributed by atoms with Crippen LogP contribution in [0.3, 0.4) is 0 Å². The number of esters is 1. The van der Waals surface area contributed by atoms with Gasteiger partial charge in [0.15, 0.2) is 5.13 Å². The Morgan fingerprint density at radius 2 is 2.16 bits per heavy atom. The molecule has 0 aliphatic rings. The van der Waals surface area contributed by atoms with Crippen LogP contribution in [0.1, 0.15) is 19.5 Å². The van der Waals surface area contributed by atoms with E-state index in [2.05, 4.69) is 10.3 Å². The number of benzene rings is 1. The molecule has 0 bridgehead atoms. The molecule has 0 aliphatic heterocycles. The molecule has 1 unspecified atom stereocenters. The maximum absolute atomic E-state index is 12.3. The van der Waals surface area contributed by atoms with Gasteiger partial charge in [0, 0.05) is 15.3 Å². The molecule has 134 valence electrons. The van der Waals surface area contributed by atoms with Crippen molar-refractivity contribution in [2.75, 3.05) is 11.9 Å². The number of hydrogen-bond donors (Lipinski definition) is 1. The number of nitrogens with one attached hydrogen (secondary N) is 1. The molecule has 1 aromatic carbocycles. The highest BCUT2D eigenvalue weighted by molar-refractivity contribution is 8.00. The maximum atomic E-state index is 12.3. The van der Waals surface area contributed by atoms with Crippen LogP contribution in [0.15, 0.2) is 28.5 Å². The van der Waals surface area contributed by atoms with Crippen LogP contribution in [-0.4, -0.2) is 28.7 Å². The lowest BCUT2D eigenvalue weighted by molar-refractivity contribution is -0.142. The minimum absolute atomic E-state index is 0.0859. The molecule has 2 rings (SSSR count). The van der Waals surface area contributed by atoms with Crippen molar-refractivity contribution >= 4 is 63.3 Å². The number of nitrogens with zero attached hydrogens (tertiary/aromatic N) is 1. The summed E-state index contributed by atoms with van der Waals surface area (Å²) in [5.74, 6) is -0.553. The molecule has 2 aromatic rings. The lowest BCUT2D eigenvalue weighted by Gasteiger charge is -2.11. The topological polar surface area (TPSA) is 68.3 Å². The number of rotatable bonds is 7. The monoisotopic (exact) mass is 418 g/mol. The molecule has 0 spiro atoms. The largest absolute Gasteiger partial charge is 0.466 e. The molecule has 25 heavy (non-hydrogen) atoms. The van der Waals surface area contributed by atoms with Crippen molar-refractivity contribution in [3.63, 3.8) is 0 Å². The van der Waals surface area contributed by atoms with Crippen LogP contribution in [0.4, 0.5) is 5.13 Å². The molecule has 0 radical (unpaired) electrons. The summed E-state index contributed by atoms with van der Waals surface area (Å²) in [7, 11) is 0. The zero-order chi connectivity index (χ0) is 18.4. The number of ether oxygens (including phenoxy) is 1. The summed E-state index contributed by atoms with van der Waals surface area (Å²) in [6.07, 6.45) is 0.0859. The maximum Gasteiger partial charge on any atom is 0.311 e. The van der Waals surface area contributed by atoms with Crippen molar-refractivity contribution < 1.29 is 14.3 Å². The highest BCUT2D eigenvalue weighted by atomic mass is 35.5. The number of carbonyl (C=O) groups excluding carboxylic acids is 2. The summed E-state index contributed by atoms with van der Waals surface area (Å²) in [5.41, 5.74) is 0.567. The first-order valence-corrected chi connectivity index (χ1v) is 9.93. The Morgan fingerprint density at radius 3 is 2.88 bits per heavy atom. The van der Waals surface area contributed by atoms with Crippen molar-refractivity contribution in [3.05, 3.63) is 39.3 Å². The average Bonchev–Trinajstić information content (AvgIpc) is 2.97. The van der Waals surface area contributed by atoms with E-state index in [1.165, 1.54) is 23.1 Å². The number of amides is 1. The zero-order valence-corrected chi connectivity index (χ0v) is 16.7. The van der Waals surface area contributed by atoms with Crippen LogP contribution in [0.2, 0.25) is 10.0 Å². The molecule has 0 fully saturated rings. The quantitative estimate of drug-likeness (QED) is 0.522. The van der Waals surface area contributed by atoms with Crippen molar-refractivity contribution in [1.29, 1.82) is 0 Å². The molecule has 0 saturated carbocycles. The molecule has 1 N–H and O–H groups in total. The fourth-order valence-corrected chi connectivity index (χ4v) is 3.95. The fraction of sp³-hybridized carbons (Fsp3) is 0.312. The van der Waals surface area contributed by atoms with Crippen LogP contribution in [0, 0.1) is 0 Å². The van der Waals surface area contributed by atoms with E-state index in [0.717, 1.165) is 4.90 Å². The van der Waals surface area contributed by atoms with E-state index in [1.54, 1.807) is 37.4 Å². The average molecular weight is 419 g/mol. The molecular weight excluding hydrogens is 403 g/mol. The third-order valence-corrected chi connectivity index (χ3v) is 5.62. The molecule has 1 heterocycles. The Hall–Kier alpha value is -1.28. The number of carbonyl (C=O) groups is 2. The highest BCUT2D eigenvalue weighted by Gasteiger charge is 2.18. The SMILES string of the molecule is CCOC(=O)Cc1csc(NC(=O)C(C)Sc2cc(Cl)ccc2Cl)n1. The van der Waals surface area contributed by atoms with Crippen molar-refractivity contribution in [2.45, 2.75) is 30.4 Å². The third kappa shape index (κ3) is 6.18. The molecule has 1 atom stereocenters. The van der Waals surface area contributed by atoms with E-state index in [0.29, 0.717) is 27.5 Å². The van der Waals surface area contributed by atoms with Gasteiger partial charge in [-0.1, -0.05) is 23.2 Å². The van der Waals surface area contributed by atoms with Crippen LogP contribution < -0.4 is 5.32 Å². The summed E-state index contributed by atoms with van der Waals surface area (Å²) < 4.78 is 4.87. The lowest BCUT2D eigenvalue weighted by atomic mass is 10.3. The number of halogens is 2. The summed E-state index contributed by atoms with van der Waals surface area (Å²) in [6, 6.07) is 5.11. The number of aromatic nitrogens is 1. The fourth-order valence-electron chi connectivity index (χ4n) is 1.82. The van der Waals surface area contributed by atoms with Crippen LogP contribution in [0.25, 0.3) is 0 Å². The van der Waals surface area contributed by atoms with Crippen molar-refractivity contribution in [3.8, 4) is 0 Å². The highest BCUT2D eigenvalue weighted by Crippen LogP contribution is 2.33. The van der Waals surface area contributed by atoms with E-state index in [4.69, 9.17) is 27.9 Å². The molecule has 5 nitrogen and oxygen atoms in total. The van der Waals surface area contributed by atoms with Gasteiger partial charge in [-0.05, 0) is 32.0 Å². The van der Waals surface area contributed by atoms with Crippen molar-refractivity contribution in [2.24, 2.45) is 0 Å². The van der Waals surface area contributed by atoms with E-state index in [9.17, 15) is 9.59 Å². The first-order chi connectivity index (χ1) is 11.9. The molecular formula is C16H16Cl2N2O3S2. The standard InChI is InChI=1S/C16H16Cl2N2O3S2/c1-3-23-14(21)7-11-8-24-16(19-11)20-15(22)9(2)25-13-6-10(17)4-5-12(13)18/h4-6,8-9H,3,7H2,1-2H3,(H,19,20,22). The van der Waals surface area contributed by atoms with Crippen LogP contribution in [-0.2, 0) is 20.7 Å². The Kier molecular flexibility index (Phi) is 7.56. The minimum Gasteiger partial charge on any atom is -0.466 e. The van der Waals surface area contributed by atoms with E-state index >= 15 is 0 Å². The molecule has 9 heteroatoms. The second kappa shape index (κ2) is 9.43.